The zero-order valence-corrected chi connectivity index (χ0v) is 12.4. The fraction of sp³-hybridized carbons (Fsp3) is 0.600. The van der Waals surface area contributed by atoms with Crippen LogP contribution in [-0.2, 0) is 0 Å². The number of piperazine rings is 1. The molecule has 1 aliphatic rings. The molecule has 0 radical (unpaired) electrons. The van der Waals surface area contributed by atoms with Gasteiger partial charge in [-0.25, -0.2) is 4.39 Å². The van der Waals surface area contributed by atoms with Gasteiger partial charge in [0.2, 0.25) is 0 Å². The van der Waals surface area contributed by atoms with E-state index in [1.807, 2.05) is 12.1 Å². The van der Waals surface area contributed by atoms with E-state index >= 15 is 0 Å². The van der Waals surface area contributed by atoms with Crippen LogP contribution in [0.15, 0.2) is 24.3 Å². The van der Waals surface area contributed by atoms with Crippen molar-refractivity contribution in [1.29, 1.82) is 0 Å². The molecule has 1 aliphatic heterocycles. The fourth-order valence-corrected chi connectivity index (χ4v) is 2.64. The zero-order valence-electron chi connectivity index (χ0n) is 11.6. The number of hydrogen-bond donors (Lipinski definition) is 1. The van der Waals surface area contributed by atoms with Gasteiger partial charge in [-0.1, -0.05) is 31.9 Å². The van der Waals surface area contributed by atoms with E-state index in [1.54, 1.807) is 12.1 Å². The number of nitrogens with one attached hydrogen (secondary N) is 1. The van der Waals surface area contributed by atoms with E-state index in [2.05, 4.69) is 17.1 Å². The number of benzene rings is 1. The first-order valence-electron chi connectivity index (χ1n) is 7.01. The van der Waals surface area contributed by atoms with Crippen LogP contribution in [0.3, 0.4) is 0 Å². The molecule has 0 aromatic heterocycles. The maximum atomic E-state index is 13.0. The lowest BCUT2D eigenvalue weighted by Gasteiger charge is -2.35. The van der Waals surface area contributed by atoms with E-state index in [9.17, 15) is 4.39 Å². The van der Waals surface area contributed by atoms with Gasteiger partial charge in [-0.15, -0.1) is 12.4 Å². The lowest BCUT2D eigenvalue weighted by Crippen LogP contribution is -2.45. The Morgan fingerprint density at radius 2 is 1.84 bits per heavy atom. The second-order valence-corrected chi connectivity index (χ2v) is 5.00. The molecule has 0 aliphatic carbocycles. The Hall–Kier alpha value is -0.640. The van der Waals surface area contributed by atoms with Gasteiger partial charge in [-0.3, -0.25) is 4.90 Å². The molecule has 0 saturated carbocycles. The minimum absolute atomic E-state index is 0. The van der Waals surface area contributed by atoms with Crippen LogP contribution in [-0.4, -0.2) is 31.1 Å². The predicted octanol–water partition coefficient (Wildman–Crippen LogP) is 3.38. The summed E-state index contributed by atoms with van der Waals surface area (Å²) >= 11 is 0. The van der Waals surface area contributed by atoms with Crippen molar-refractivity contribution in [2.45, 2.75) is 32.2 Å². The van der Waals surface area contributed by atoms with Gasteiger partial charge >= 0.3 is 0 Å². The molecule has 1 atom stereocenters. The van der Waals surface area contributed by atoms with E-state index in [4.69, 9.17) is 0 Å². The number of unbranched alkanes of at least 4 members (excludes halogenated alkanes) is 1. The van der Waals surface area contributed by atoms with Crippen molar-refractivity contribution in [2.75, 3.05) is 26.2 Å². The minimum Gasteiger partial charge on any atom is -0.314 e. The molecule has 0 amide bonds. The average molecular weight is 287 g/mol. The Labute approximate surface area is 121 Å². The fourth-order valence-electron chi connectivity index (χ4n) is 2.64. The molecule has 1 N–H and O–H groups in total. The van der Waals surface area contributed by atoms with Crippen LogP contribution in [0.2, 0.25) is 0 Å². The van der Waals surface area contributed by atoms with Crippen LogP contribution in [0, 0.1) is 5.82 Å². The molecule has 2 rings (SSSR count). The summed E-state index contributed by atoms with van der Waals surface area (Å²) in [4.78, 5) is 2.53. The smallest absolute Gasteiger partial charge is 0.123 e. The SMILES string of the molecule is CCCC[C@@H](c1ccc(F)cc1)N1CCNCC1.Cl. The summed E-state index contributed by atoms with van der Waals surface area (Å²) < 4.78 is 13.0. The molecular formula is C15H24ClFN2. The molecule has 19 heavy (non-hydrogen) atoms. The van der Waals surface area contributed by atoms with Gasteiger partial charge in [0.1, 0.15) is 5.82 Å². The summed E-state index contributed by atoms with van der Waals surface area (Å²) in [6.45, 7) is 6.52. The van der Waals surface area contributed by atoms with Gasteiger partial charge in [-0.2, -0.15) is 0 Å². The highest BCUT2D eigenvalue weighted by molar-refractivity contribution is 5.85. The summed E-state index contributed by atoms with van der Waals surface area (Å²) in [5, 5.41) is 3.38. The third-order valence-electron chi connectivity index (χ3n) is 3.68. The normalized spacial score (nSPS) is 17.8. The van der Waals surface area contributed by atoms with Crippen molar-refractivity contribution in [3.8, 4) is 0 Å². The van der Waals surface area contributed by atoms with Crippen LogP contribution in [0.1, 0.15) is 37.8 Å². The standard InChI is InChI=1S/C15H23FN2.ClH/c1-2-3-4-15(18-11-9-17-10-12-18)13-5-7-14(16)8-6-13;/h5-8,15,17H,2-4,9-12H2,1H3;1H/t15-;/m0./s1. The van der Waals surface area contributed by atoms with Crippen molar-refractivity contribution in [3.05, 3.63) is 35.6 Å². The molecule has 108 valence electrons. The molecule has 0 spiro atoms. The van der Waals surface area contributed by atoms with Crippen LogP contribution in [0.4, 0.5) is 4.39 Å². The second kappa shape index (κ2) is 8.51. The van der Waals surface area contributed by atoms with E-state index in [-0.39, 0.29) is 18.2 Å². The van der Waals surface area contributed by atoms with Gasteiger partial charge in [0.05, 0.1) is 0 Å². The van der Waals surface area contributed by atoms with Crippen molar-refractivity contribution >= 4 is 12.4 Å². The van der Waals surface area contributed by atoms with E-state index in [0.717, 1.165) is 26.2 Å². The van der Waals surface area contributed by atoms with Crippen molar-refractivity contribution in [2.24, 2.45) is 0 Å². The number of halogens is 2. The zero-order chi connectivity index (χ0) is 12.8. The topological polar surface area (TPSA) is 15.3 Å². The highest BCUT2D eigenvalue weighted by Gasteiger charge is 2.21. The summed E-state index contributed by atoms with van der Waals surface area (Å²) in [6.07, 6.45) is 3.61. The largest absolute Gasteiger partial charge is 0.314 e. The highest BCUT2D eigenvalue weighted by atomic mass is 35.5. The maximum absolute atomic E-state index is 13.0. The number of hydrogen-bond acceptors (Lipinski definition) is 2. The lowest BCUT2D eigenvalue weighted by molar-refractivity contribution is 0.163. The van der Waals surface area contributed by atoms with E-state index < -0.39 is 0 Å². The quantitative estimate of drug-likeness (QED) is 0.893. The average Bonchev–Trinajstić information content (AvgIpc) is 2.42. The summed E-state index contributed by atoms with van der Waals surface area (Å²) in [5.41, 5.74) is 1.26. The molecule has 1 fully saturated rings. The molecule has 1 heterocycles. The van der Waals surface area contributed by atoms with Crippen LogP contribution < -0.4 is 5.32 Å². The molecular weight excluding hydrogens is 263 g/mol. The van der Waals surface area contributed by atoms with Gasteiger partial charge in [0.15, 0.2) is 0 Å². The first-order valence-corrected chi connectivity index (χ1v) is 7.01. The lowest BCUT2D eigenvalue weighted by atomic mass is 9.99. The van der Waals surface area contributed by atoms with Gasteiger partial charge in [-0.05, 0) is 24.1 Å². The summed E-state index contributed by atoms with van der Waals surface area (Å²) in [5.74, 6) is -0.145. The molecule has 2 nitrogen and oxygen atoms in total. The summed E-state index contributed by atoms with van der Waals surface area (Å²) in [7, 11) is 0. The van der Waals surface area contributed by atoms with Crippen molar-refractivity contribution in [1.82, 2.24) is 10.2 Å². The maximum Gasteiger partial charge on any atom is 0.123 e. The Morgan fingerprint density at radius 1 is 1.21 bits per heavy atom. The Kier molecular flexibility index (Phi) is 7.36. The van der Waals surface area contributed by atoms with Gasteiger partial charge in [0, 0.05) is 32.2 Å². The monoisotopic (exact) mass is 286 g/mol. The molecule has 4 heteroatoms. The molecule has 0 unspecified atom stereocenters. The molecule has 1 saturated heterocycles. The van der Waals surface area contributed by atoms with E-state index in [1.165, 1.54) is 24.8 Å². The van der Waals surface area contributed by atoms with Crippen molar-refractivity contribution in [3.63, 3.8) is 0 Å². The third-order valence-corrected chi connectivity index (χ3v) is 3.68. The van der Waals surface area contributed by atoms with Crippen molar-refractivity contribution < 1.29 is 4.39 Å². The Morgan fingerprint density at radius 3 is 2.42 bits per heavy atom. The minimum atomic E-state index is -0.145. The summed E-state index contributed by atoms with van der Waals surface area (Å²) in [6, 6.07) is 7.50. The third kappa shape index (κ3) is 4.75. The highest BCUT2D eigenvalue weighted by Crippen LogP contribution is 2.26. The van der Waals surface area contributed by atoms with Crippen LogP contribution in [0.5, 0.6) is 0 Å². The number of nitrogens with zero attached hydrogens (tertiary/aromatic N) is 1. The Balaban J connectivity index is 0.00000180. The first-order chi connectivity index (χ1) is 8.81. The van der Waals surface area contributed by atoms with Gasteiger partial charge in [0.25, 0.3) is 0 Å². The van der Waals surface area contributed by atoms with Crippen LogP contribution >= 0.6 is 12.4 Å². The molecule has 0 bridgehead atoms. The van der Waals surface area contributed by atoms with Crippen LogP contribution in [0.25, 0.3) is 0 Å². The van der Waals surface area contributed by atoms with Gasteiger partial charge < -0.3 is 5.32 Å². The first kappa shape index (κ1) is 16.4. The predicted molar refractivity (Wildman–Crippen MR) is 80.4 cm³/mol. The molecule has 1 aromatic carbocycles. The Bertz CT molecular complexity index is 350. The van der Waals surface area contributed by atoms with E-state index in [0.29, 0.717) is 6.04 Å². The molecule has 1 aromatic rings. The number of rotatable bonds is 5. The second-order valence-electron chi connectivity index (χ2n) is 5.00.